The summed E-state index contributed by atoms with van der Waals surface area (Å²) in [6.45, 7) is 1.87. The maximum absolute atomic E-state index is 12.5. The molecule has 0 aromatic carbocycles. The highest BCUT2D eigenvalue weighted by Crippen LogP contribution is 2.40. The average Bonchev–Trinajstić information content (AvgIpc) is 2.73. The third kappa shape index (κ3) is 2.76. The van der Waals surface area contributed by atoms with Crippen molar-refractivity contribution in [2.45, 2.75) is 38.8 Å². The lowest BCUT2D eigenvalue weighted by Crippen LogP contribution is -2.30. The van der Waals surface area contributed by atoms with Gasteiger partial charge < -0.3 is 0 Å². The Labute approximate surface area is 108 Å². The number of hydrogen-bond acceptors (Lipinski definition) is 2. The van der Waals surface area contributed by atoms with Crippen molar-refractivity contribution >= 4 is 17.1 Å². The van der Waals surface area contributed by atoms with Crippen molar-refractivity contribution in [2.24, 2.45) is 11.8 Å². The first-order chi connectivity index (χ1) is 8.39. The van der Waals surface area contributed by atoms with Crippen LogP contribution in [-0.4, -0.2) is 12.0 Å². The number of carbonyl (C=O) groups excluding carboxylic acids is 1. The van der Waals surface area contributed by atoms with Crippen molar-refractivity contribution in [2.75, 3.05) is 0 Å². The summed E-state index contributed by atoms with van der Waals surface area (Å²) >= 11 is 1.39. The number of Topliss-reactive ketones (excluding diaryl/α,β-unsaturated/α-hetero) is 1. The number of halogens is 3. The summed E-state index contributed by atoms with van der Waals surface area (Å²) in [7, 11) is 0. The predicted molar refractivity (Wildman–Crippen MR) is 64.9 cm³/mol. The normalized spacial score (nSPS) is 25.1. The van der Waals surface area contributed by atoms with Gasteiger partial charge in [-0.3, -0.25) is 4.79 Å². The maximum Gasteiger partial charge on any atom is 0.391 e. The molecule has 0 saturated heterocycles. The Bertz CT molecular complexity index is 428. The Hall–Kier alpha value is -0.840. The standard InChI is InChI=1S/C13H15F3OS/c1-8-6-7-18-12(8)11(17)9-2-4-10(5-3-9)13(14,15)16/h6-7,9-10H,2-5H2,1H3. The van der Waals surface area contributed by atoms with E-state index in [0.717, 1.165) is 5.56 Å². The van der Waals surface area contributed by atoms with Crippen LogP contribution in [0.25, 0.3) is 0 Å². The second-order valence-electron chi connectivity index (χ2n) is 4.89. The molecule has 100 valence electrons. The highest BCUT2D eigenvalue weighted by atomic mass is 32.1. The molecule has 0 N–H and O–H groups in total. The van der Waals surface area contributed by atoms with Gasteiger partial charge in [0.1, 0.15) is 0 Å². The van der Waals surface area contributed by atoms with E-state index in [2.05, 4.69) is 0 Å². The molecule has 0 bridgehead atoms. The van der Waals surface area contributed by atoms with E-state index in [9.17, 15) is 18.0 Å². The molecule has 0 aliphatic heterocycles. The fourth-order valence-corrected chi connectivity index (χ4v) is 3.44. The number of thiophene rings is 1. The Kier molecular flexibility index (Phi) is 3.80. The fourth-order valence-electron chi connectivity index (χ4n) is 2.49. The van der Waals surface area contributed by atoms with E-state index in [1.807, 2.05) is 18.4 Å². The van der Waals surface area contributed by atoms with E-state index < -0.39 is 12.1 Å². The smallest absolute Gasteiger partial charge is 0.293 e. The first-order valence-corrected chi connectivity index (χ1v) is 6.92. The number of hydrogen-bond donors (Lipinski definition) is 0. The molecule has 1 heterocycles. The van der Waals surface area contributed by atoms with Crippen LogP contribution in [0.2, 0.25) is 0 Å². The molecule has 18 heavy (non-hydrogen) atoms. The van der Waals surface area contributed by atoms with Gasteiger partial charge in [-0.15, -0.1) is 11.3 Å². The SMILES string of the molecule is Cc1ccsc1C(=O)C1CCC(C(F)(F)F)CC1. The lowest BCUT2D eigenvalue weighted by atomic mass is 9.79. The topological polar surface area (TPSA) is 17.1 Å². The fraction of sp³-hybridized carbons (Fsp3) is 0.615. The molecule has 1 aliphatic rings. The monoisotopic (exact) mass is 276 g/mol. The molecule has 0 radical (unpaired) electrons. The molecule has 5 heteroatoms. The van der Waals surface area contributed by atoms with Gasteiger partial charge in [0.25, 0.3) is 0 Å². The summed E-state index contributed by atoms with van der Waals surface area (Å²) in [4.78, 5) is 12.9. The number of alkyl halides is 3. The van der Waals surface area contributed by atoms with Crippen LogP contribution in [0, 0.1) is 18.8 Å². The van der Waals surface area contributed by atoms with E-state index in [0.29, 0.717) is 17.7 Å². The highest BCUT2D eigenvalue weighted by Gasteiger charge is 2.42. The maximum atomic E-state index is 12.5. The Morgan fingerprint density at radius 3 is 2.33 bits per heavy atom. The van der Waals surface area contributed by atoms with Crippen LogP contribution in [0.5, 0.6) is 0 Å². The number of rotatable bonds is 2. The second kappa shape index (κ2) is 5.03. The second-order valence-corrected chi connectivity index (χ2v) is 5.80. The van der Waals surface area contributed by atoms with E-state index in [1.54, 1.807) is 0 Å². The number of aryl methyl sites for hydroxylation is 1. The van der Waals surface area contributed by atoms with Crippen molar-refractivity contribution in [3.05, 3.63) is 21.9 Å². The van der Waals surface area contributed by atoms with Crippen molar-refractivity contribution in [3.63, 3.8) is 0 Å². The first-order valence-electron chi connectivity index (χ1n) is 6.04. The van der Waals surface area contributed by atoms with Gasteiger partial charge >= 0.3 is 6.18 Å². The summed E-state index contributed by atoms with van der Waals surface area (Å²) < 4.78 is 37.6. The van der Waals surface area contributed by atoms with E-state index in [1.165, 1.54) is 11.3 Å². The number of carbonyl (C=O) groups is 1. The molecule has 0 amide bonds. The lowest BCUT2D eigenvalue weighted by Gasteiger charge is -2.28. The van der Waals surface area contributed by atoms with Crippen LogP contribution in [0.4, 0.5) is 13.2 Å². The first kappa shape index (κ1) is 13.6. The summed E-state index contributed by atoms with van der Waals surface area (Å²) in [5.74, 6) is -1.41. The van der Waals surface area contributed by atoms with Crippen molar-refractivity contribution in [1.29, 1.82) is 0 Å². The minimum atomic E-state index is -4.10. The summed E-state index contributed by atoms with van der Waals surface area (Å²) in [5, 5.41) is 1.85. The van der Waals surface area contributed by atoms with Gasteiger partial charge in [-0.2, -0.15) is 13.2 Å². The van der Waals surface area contributed by atoms with Crippen LogP contribution in [0.1, 0.15) is 40.9 Å². The quantitative estimate of drug-likeness (QED) is 0.721. The zero-order valence-electron chi connectivity index (χ0n) is 10.1. The highest BCUT2D eigenvalue weighted by molar-refractivity contribution is 7.12. The van der Waals surface area contributed by atoms with Gasteiger partial charge in [0.15, 0.2) is 5.78 Å². The van der Waals surface area contributed by atoms with Gasteiger partial charge in [0.2, 0.25) is 0 Å². The Morgan fingerprint density at radius 1 is 1.28 bits per heavy atom. The summed E-state index contributed by atoms with van der Waals surface area (Å²) in [6.07, 6.45) is -3.21. The number of ketones is 1. The minimum Gasteiger partial charge on any atom is -0.293 e. The molecule has 1 fully saturated rings. The Morgan fingerprint density at radius 2 is 1.89 bits per heavy atom. The zero-order chi connectivity index (χ0) is 13.3. The Balaban J connectivity index is 1.99. The van der Waals surface area contributed by atoms with Crippen LogP contribution in [0.3, 0.4) is 0 Å². The van der Waals surface area contributed by atoms with Gasteiger partial charge in [0, 0.05) is 5.92 Å². The molecule has 0 spiro atoms. The molecule has 1 aliphatic carbocycles. The van der Waals surface area contributed by atoms with E-state index in [4.69, 9.17) is 0 Å². The molecular formula is C13H15F3OS. The van der Waals surface area contributed by atoms with Crippen molar-refractivity contribution < 1.29 is 18.0 Å². The van der Waals surface area contributed by atoms with Crippen molar-refractivity contribution in [3.8, 4) is 0 Å². The predicted octanol–water partition coefficient (Wildman–Crippen LogP) is 4.61. The molecule has 1 aromatic rings. The average molecular weight is 276 g/mol. The van der Waals surface area contributed by atoms with Crippen LogP contribution in [-0.2, 0) is 0 Å². The molecule has 2 rings (SSSR count). The largest absolute Gasteiger partial charge is 0.391 e. The minimum absolute atomic E-state index is 0.0307. The van der Waals surface area contributed by atoms with Crippen LogP contribution >= 0.6 is 11.3 Å². The summed E-state index contributed by atoms with van der Waals surface area (Å²) in [5.41, 5.74) is 0.933. The third-order valence-corrected chi connectivity index (χ3v) is 4.68. The van der Waals surface area contributed by atoms with E-state index in [-0.39, 0.29) is 24.5 Å². The van der Waals surface area contributed by atoms with E-state index >= 15 is 0 Å². The van der Waals surface area contributed by atoms with Gasteiger partial charge in [-0.25, -0.2) is 0 Å². The van der Waals surface area contributed by atoms with Crippen molar-refractivity contribution in [1.82, 2.24) is 0 Å². The molecule has 0 unspecified atom stereocenters. The van der Waals surface area contributed by atoms with Gasteiger partial charge in [-0.1, -0.05) is 0 Å². The van der Waals surface area contributed by atoms with Crippen LogP contribution < -0.4 is 0 Å². The van der Waals surface area contributed by atoms with Gasteiger partial charge in [0.05, 0.1) is 10.8 Å². The molecule has 1 nitrogen and oxygen atoms in total. The third-order valence-electron chi connectivity index (χ3n) is 3.65. The van der Waals surface area contributed by atoms with Crippen LogP contribution in [0.15, 0.2) is 11.4 Å². The zero-order valence-corrected chi connectivity index (χ0v) is 10.9. The van der Waals surface area contributed by atoms with Gasteiger partial charge in [-0.05, 0) is 49.6 Å². The summed E-state index contributed by atoms with van der Waals surface area (Å²) in [6, 6.07) is 1.87. The molecule has 1 aromatic heterocycles. The lowest BCUT2D eigenvalue weighted by molar-refractivity contribution is -0.183. The molecule has 1 saturated carbocycles. The molecular weight excluding hydrogens is 261 g/mol. The molecule has 0 atom stereocenters.